The first-order chi connectivity index (χ1) is 7.68. The van der Waals surface area contributed by atoms with Gasteiger partial charge < -0.3 is 15.8 Å². The van der Waals surface area contributed by atoms with Gasteiger partial charge in [0.25, 0.3) is 0 Å². The third kappa shape index (κ3) is 2.06. The summed E-state index contributed by atoms with van der Waals surface area (Å²) in [5.74, 6) is -0.810. The first-order valence-electron chi connectivity index (χ1n) is 5.22. The minimum Gasteiger partial charge on any atom is -0.481 e. The first-order valence-corrected chi connectivity index (χ1v) is 5.22. The van der Waals surface area contributed by atoms with Crippen molar-refractivity contribution in [3.63, 3.8) is 0 Å². The van der Waals surface area contributed by atoms with Gasteiger partial charge in [-0.1, -0.05) is 18.2 Å². The number of nitrogens with one attached hydrogen (secondary N) is 1. The minimum atomic E-state index is -0.810. The molecule has 1 aromatic carbocycles. The lowest BCUT2D eigenvalue weighted by atomic mass is 10.0. The van der Waals surface area contributed by atoms with Crippen LogP contribution in [-0.2, 0) is 4.79 Å². The Morgan fingerprint density at radius 3 is 2.94 bits per heavy atom. The number of aromatic nitrogens is 1. The van der Waals surface area contributed by atoms with Crippen LogP contribution in [0.15, 0.2) is 30.5 Å². The summed E-state index contributed by atoms with van der Waals surface area (Å²) in [7, 11) is 0. The molecule has 2 rings (SSSR count). The number of carboxylic acids is 1. The van der Waals surface area contributed by atoms with Crippen LogP contribution < -0.4 is 5.73 Å². The molecule has 4 N–H and O–H groups in total. The van der Waals surface area contributed by atoms with E-state index in [9.17, 15) is 4.79 Å². The topological polar surface area (TPSA) is 79.1 Å². The lowest BCUT2D eigenvalue weighted by Gasteiger charge is -2.08. The molecule has 1 heterocycles. The molecule has 0 bridgehead atoms. The number of para-hydroxylation sites is 1. The van der Waals surface area contributed by atoms with Crippen molar-refractivity contribution in [2.24, 2.45) is 5.73 Å². The standard InChI is InChI=1S/C12H14N2O2/c13-10(5-6-12(15)16)9-7-14-11-4-2-1-3-8(9)11/h1-4,7,10,14H,5-6,13H2,(H,15,16). The van der Waals surface area contributed by atoms with Crippen molar-refractivity contribution in [1.82, 2.24) is 4.98 Å². The normalized spacial score (nSPS) is 12.8. The molecule has 0 fully saturated rings. The van der Waals surface area contributed by atoms with E-state index in [1.54, 1.807) is 0 Å². The summed E-state index contributed by atoms with van der Waals surface area (Å²) >= 11 is 0. The van der Waals surface area contributed by atoms with E-state index in [-0.39, 0.29) is 12.5 Å². The lowest BCUT2D eigenvalue weighted by Crippen LogP contribution is -2.11. The Labute approximate surface area is 93.1 Å². The number of H-pyrrole nitrogens is 1. The van der Waals surface area contributed by atoms with Crippen LogP contribution in [0.5, 0.6) is 0 Å². The number of carbonyl (C=O) groups is 1. The van der Waals surface area contributed by atoms with Gasteiger partial charge in [-0.3, -0.25) is 4.79 Å². The fraction of sp³-hybridized carbons (Fsp3) is 0.250. The summed E-state index contributed by atoms with van der Waals surface area (Å²) in [6.07, 6.45) is 2.41. The second kappa shape index (κ2) is 4.37. The monoisotopic (exact) mass is 218 g/mol. The highest BCUT2D eigenvalue weighted by atomic mass is 16.4. The Kier molecular flexibility index (Phi) is 2.92. The van der Waals surface area contributed by atoms with E-state index in [4.69, 9.17) is 10.8 Å². The van der Waals surface area contributed by atoms with Gasteiger partial charge in [-0.25, -0.2) is 0 Å². The molecule has 0 aliphatic rings. The maximum Gasteiger partial charge on any atom is 0.303 e. The summed E-state index contributed by atoms with van der Waals surface area (Å²) in [6.45, 7) is 0. The van der Waals surface area contributed by atoms with E-state index in [1.807, 2.05) is 30.5 Å². The number of hydrogen-bond acceptors (Lipinski definition) is 2. The zero-order valence-corrected chi connectivity index (χ0v) is 8.81. The maximum absolute atomic E-state index is 10.5. The van der Waals surface area contributed by atoms with E-state index in [2.05, 4.69) is 4.98 Å². The van der Waals surface area contributed by atoms with Crippen LogP contribution in [0.2, 0.25) is 0 Å². The molecule has 2 aromatic rings. The molecular formula is C12H14N2O2. The molecule has 0 aliphatic carbocycles. The summed E-state index contributed by atoms with van der Waals surface area (Å²) in [6, 6.07) is 7.63. The summed E-state index contributed by atoms with van der Waals surface area (Å²) < 4.78 is 0. The molecule has 0 aliphatic heterocycles. The lowest BCUT2D eigenvalue weighted by molar-refractivity contribution is -0.137. The van der Waals surface area contributed by atoms with Gasteiger partial charge in [0.2, 0.25) is 0 Å². The molecule has 0 saturated heterocycles. The van der Waals surface area contributed by atoms with Gasteiger partial charge in [0.1, 0.15) is 0 Å². The summed E-state index contributed by atoms with van der Waals surface area (Å²) in [5.41, 5.74) is 7.98. The van der Waals surface area contributed by atoms with Crippen molar-refractivity contribution < 1.29 is 9.90 Å². The molecule has 4 nitrogen and oxygen atoms in total. The van der Waals surface area contributed by atoms with Crippen molar-refractivity contribution >= 4 is 16.9 Å². The Balaban J connectivity index is 2.22. The van der Waals surface area contributed by atoms with E-state index in [0.29, 0.717) is 6.42 Å². The van der Waals surface area contributed by atoms with Crippen LogP contribution in [0.4, 0.5) is 0 Å². The molecular weight excluding hydrogens is 204 g/mol. The number of fused-ring (bicyclic) bond motifs is 1. The van der Waals surface area contributed by atoms with Crippen LogP contribution in [-0.4, -0.2) is 16.1 Å². The minimum absolute atomic E-state index is 0.0979. The van der Waals surface area contributed by atoms with Crippen molar-refractivity contribution in [2.45, 2.75) is 18.9 Å². The number of nitrogens with two attached hydrogens (primary N) is 1. The quantitative estimate of drug-likeness (QED) is 0.734. The Morgan fingerprint density at radius 2 is 2.19 bits per heavy atom. The molecule has 84 valence electrons. The zero-order valence-electron chi connectivity index (χ0n) is 8.81. The van der Waals surface area contributed by atoms with Crippen LogP contribution in [0.3, 0.4) is 0 Å². The van der Waals surface area contributed by atoms with Crippen molar-refractivity contribution in [3.8, 4) is 0 Å². The molecule has 4 heteroatoms. The number of carboxylic acid groups (broad SMARTS) is 1. The summed E-state index contributed by atoms with van der Waals surface area (Å²) in [4.78, 5) is 13.6. The molecule has 0 amide bonds. The zero-order chi connectivity index (χ0) is 11.5. The third-order valence-electron chi connectivity index (χ3n) is 2.69. The fourth-order valence-electron chi connectivity index (χ4n) is 1.84. The number of aliphatic carboxylic acids is 1. The van der Waals surface area contributed by atoms with Crippen LogP contribution >= 0.6 is 0 Å². The molecule has 0 radical (unpaired) electrons. The van der Waals surface area contributed by atoms with Crippen molar-refractivity contribution in [3.05, 3.63) is 36.0 Å². The molecule has 0 spiro atoms. The van der Waals surface area contributed by atoms with Gasteiger partial charge in [-0.15, -0.1) is 0 Å². The largest absolute Gasteiger partial charge is 0.481 e. The number of aromatic amines is 1. The smallest absolute Gasteiger partial charge is 0.303 e. The molecule has 16 heavy (non-hydrogen) atoms. The van der Waals surface area contributed by atoms with Crippen molar-refractivity contribution in [2.75, 3.05) is 0 Å². The maximum atomic E-state index is 10.5. The highest BCUT2D eigenvalue weighted by molar-refractivity contribution is 5.83. The number of rotatable bonds is 4. The second-order valence-electron chi connectivity index (χ2n) is 3.83. The molecule has 1 unspecified atom stereocenters. The van der Waals surface area contributed by atoms with Gasteiger partial charge >= 0.3 is 5.97 Å². The Hall–Kier alpha value is -1.81. The molecule has 0 saturated carbocycles. The average Bonchev–Trinajstić information content (AvgIpc) is 2.69. The third-order valence-corrected chi connectivity index (χ3v) is 2.69. The van der Waals surface area contributed by atoms with Crippen molar-refractivity contribution in [1.29, 1.82) is 0 Å². The van der Waals surface area contributed by atoms with Crippen LogP contribution in [0.25, 0.3) is 10.9 Å². The SMILES string of the molecule is NC(CCC(=O)O)c1c[nH]c2ccccc12. The average molecular weight is 218 g/mol. The molecule has 1 aromatic heterocycles. The van der Waals surface area contributed by atoms with Gasteiger partial charge in [0, 0.05) is 29.6 Å². The number of benzene rings is 1. The summed E-state index contributed by atoms with van der Waals surface area (Å²) in [5, 5.41) is 9.68. The van der Waals surface area contributed by atoms with Gasteiger partial charge in [-0.05, 0) is 18.1 Å². The van der Waals surface area contributed by atoms with Crippen LogP contribution in [0, 0.1) is 0 Å². The number of hydrogen-bond donors (Lipinski definition) is 3. The predicted octanol–water partition coefficient (Wildman–Crippen LogP) is 2.03. The van der Waals surface area contributed by atoms with E-state index >= 15 is 0 Å². The predicted molar refractivity (Wildman–Crippen MR) is 62.1 cm³/mol. The fourth-order valence-corrected chi connectivity index (χ4v) is 1.84. The van der Waals surface area contributed by atoms with E-state index < -0.39 is 5.97 Å². The first kappa shape index (κ1) is 10.7. The van der Waals surface area contributed by atoms with Gasteiger partial charge in [0.05, 0.1) is 0 Å². The van der Waals surface area contributed by atoms with Gasteiger partial charge in [-0.2, -0.15) is 0 Å². The highest BCUT2D eigenvalue weighted by Gasteiger charge is 2.12. The highest BCUT2D eigenvalue weighted by Crippen LogP contribution is 2.25. The van der Waals surface area contributed by atoms with E-state index in [0.717, 1.165) is 16.5 Å². The Morgan fingerprint density at radius 1 is 1.44 bits per heavy atom. The molecule has 1 atom stereocenters. The van der Waals surface area contributed by atoms with Crippen LogP contribution in [0.1, 0.15) is 24.4 Å². The Bertz CT molecular complexity index is 504. The second-order valence-corrected chi connectivity index (χ2v) is 3.83. The van der Waals surface area contributed by atoms with E-state index in [1.165, 1.54) is 0 Å². The van der Waals surface area contributed by atoms with Gasteiger partial charge in [0.15, 0.2) is 0 Å².